The highest BCUT2D eigenvalue weighted by Crippen LogP contribution is 2.13. The minimum absolute atomic E-state index is 0.283. The molecule has 2 aromatic heterocycles. The van der Waals surface area contributed by atoms with Crippen molar-refractivity contribution in [2.45, 2.75) is 26.3 Å². The molecule has 0 saturated heterocycles. The molecule has 6 nitrogen and oxygen atoms in total. The summed E-state index contributed by atoms with van der Waals surface area (Å²) in [5, 5.41) is 11.5. The number of anilines is 1. The Kier molecular flexibility index (Phi) is 3.53. The maximum absolute atomic E-state index is 5.05. The summed E-state index contributed by atoms with van der Waals surface area (Å²) in [7, 11) is 1.70. The molecule has 0 bridgehead atoms. The number of nitrogens with one attached hydrogen (secondary N) is 1. The van der Waals surface area contributed by atoms with E-state index in [0.717, 1.165) is 30.3 Å². The van der Waals surface area contributed by atoms with Crippen LogP contribution in [0.15, 0.2) is 12.4 Å². The van der Waals surface area contributed by atoms with Crippen LogP contribution in [0.25, 0.3) is 5.65 Å². The lowest BCUT2D eigenvalue weighted by molar-refractivity contribution is 0.191. The standard InChI is InChI=1S/C11H17N5O/c1-8(4-7-17-3)13-10-11-15-14-9(2)16(11)6-5-12-10/h5-6,8H,4,7H2,1-3H3,(H,12,13). The summed E-state index contributed by atoms with van der Waals surface area (Å²) in [6, 6.07) is 0.283. The van der Waals surface area contributed by atoms with Crippen molar-refractivity contribution in [2.24, 2.45) is 0 Å². The zero-order valence-corrected chi connectivity index (χ0v) is 10.3. The van der Waals surface area contributed by atoms with E-state index >= 15 is 0 Å². The molecular weight excluding hydrogens is 218 g/mol. The molecule has 6 heteroatoms. The van der Waals surface area contributed by atoms with Gasteiger partial charge in [0.05, 0.1) is 0 Å². The second-order valence-corrected chi connectivity index (χ2v) is 4.04. The van der Waals surface area contributed by atoms with Crippen molar-refractivity contribution < 1.29 is 4.74 Å². The van der Waals surface area contributed by atoms with Gasteiger partial charge in [-0.2, -0.15) is 0 Å². The first kappa shape index (κ1) is 11.8. The molecule has 0 aromatic carbocycles. The van der Waals surface area contributed by atoms with E-state index in [4.69, 9.17) is 4.74 Å². The van der Waals surface area contributed by atoms with E-state index in [2.05, 4.69) is 27.4 Å². The quantitative estimate of drug-likeness (QED) is 0.845. The van der Waals surface area contributed by atoms with Gasteiger partial charge in [0.2, 0.25) is 5.65 Å². The van der Waals surface area contributed by atoms with Gasteiger partial charge in [-0.1, -0.05) is 0 Å². The monoisotopic (exact) mass is 235 g/mol. The molecule has 92 valence electrons. The average Bonchev–Trinajstić information content (AvgIpc) is 2.70. The van der Waals surface area contributed by atoms with Gasteiger partial charge in [-0.05, 0) is 20.3 Å². The summed E-state index contributed by atoms with van der Waals surface area (Å²) in [6.07, 6.45) is 4.52. The van der Waals surface area contributed by atoms with Gasteiger partial charge in [0.15, 0.2) is 5.82 Å². The molecule has 1 atom stereocenters. The molecule has 0 aliphatic rings. The second kappa shape index (κ2) is 5.09. The number of fused-ring (bicyclic) bond motifs is 1. The van der Waals surface area contributed by atoms with Crippen LogP contribution in [0.2, 0.25) is 0 Å². The maximum Gasteiger partial charge on any atom is 0.203 e. The summed E-state index contributed by atoms with van der Waals surface area (Å²) in [5.41, 5.74) is 0.759. The van der Waals surface area contributed by atoms with Crippen LogP contribution in [0.3, 0.4) is 0 Å². The Morgan fingerprint density at radius 3 is 3.06 bits per heavy atom. The van der Waals surface area contributed by atoms with Crippen LogP contribution < -0.4 is 5.32 Å². The smallest absolute Gasteiger partial charge is 0.203 e. The van der Waals surface area contributed by atoms with Crippen molar-refractivity contribution in [1.82, 2.24) is 19.6 Å². The largest absolute Gasteiger partial charge is 0.385 e. The predicted octanol–water partition coefficient (Wildman–Crippen LogP) is 1.27. The van der Waals surface area contributed by atoms with Crippen LogP contribution in [0.4, 0.5) is 5.82 Å². The lowest BCUT2D eigenvalue weighted by atomic mass is 10.2. The number of hydrogen-bond donors (Lipinski definition) is 1. The first-order chi connectivity index (χ1) is 8.22. The highest BCUT2D eigenvalue weighted by molar-refractivity contribution is 5.62. The van der Waals surface area contributed by atoms with Crippen LogP contribution in [-0.2, 0) is 4.74 Å². The van der Waals surface area contributed by atoms with Crippen molar-refractivity contribution in [2.75, 3.05) is 19.0 Å². The zero-order chi connectivity index (χ0) is 12.3. The van der Waals surface area contributed by atoms with Gasteiger partial charge >= 0.3 is 0 Å². The van der Waals surface area contributed by atoms with E-state index in [9.17, 15) is 0 Å². The fraction of sp³-hybridized carbons (Fsp3) is 0.545. The topological polar surface area (TPSA) is 64.3 Å². The molecule has 0 aliphatic heterocycles. The van der Waals surface area contributed by atoms with E-state index in [0.29, 0.717) is 0 Å². The summed E-state index contributed by atoms with van der Waals surface area (Å²) in [4.78, 5) is 4.29. The van der Waals surface area contributed by atoms with Gasteiger partial charge in [0.25, 0.3) is 0 Å². The minimum Gasteiger partial charge on any atom is -0.385 e. The minimum atomic E-state index is 0.283. The predicted molar refractivity (Wildman–Crippen MR) is 65.1 cm³/mol. The van der Waals surface area contributed by atoms with E-state index in [1.807, 2.05) is 17.5 Å². The van der Waals surface area contributed by atoms with Gasteiger partial charge in [0, 0.05) is 32.2 Å². The van der Waals surface area contributed by atoms with Gasteiger partial charge in [-0.25, -0.2) is 4.98 Å². The van der Waals surface area contributed by atoms with E-state index in [1.165, 1.54) is 0 Å². The van der Waals surface area contributed by atoms with Crippen molar-refractivity contribution in [3.8, 4) is 0 Å². The molecule has 0 radical (unpaired) electrons. The highest BCUT2D eigenvalue weighted by Gasteiger charge is 2.09. The Hall–Kier alpha value is -1.69. The molecule has 0 spiro atoms. The Balaban J connectivity index is 2.18. The molecule has 1 unspecified atom stereocenters. The molecule has 2 heterocycles. The number of ether oxygens (including phenoxy) is 1. The lowest BCUT2D eigenvalue weighted by Gasteiger charge is -2.13. The average molecular weight is 235 g/mol. The molecular formula is C11H17N5O. The molecule has 2 aromatic rings. The first-order valence-corrected chi connectivity index (χ1v) is 5.64. The van der Waals surface area contributed by atoms with Crippen molar-refractivity contribution in [3.05, 3.63) is 18.2 Å². The van der Waals surface area contributed by atoms with Crippen LogP contribution in [-0.4, -0.2) is 39.3 Å². The van der Waals surface area contributed by atoms with Crippen molar-refractivity contribution >= 4 is 11.5 Å². The number of rotatable bonds is 5. The molecule has 0 saturated carbocycles. The van der Waals surface area contributed by atoms with Crippen LogP contribution >= 0.6 is 0 Å². The molecule has 0 aliphatic carbocycles. The Morgan fingerprint density at radius 2 is 2.29 bits per heavy atom. The fourth-order valence-corrected chi connectivity index (χ4v) is 1.64. The summed E-state index contributed by atoms with van der Waals surface area (Å²) in [5.74, 6) is 1.62. The number of methoxy groups -OCH3 is 1. The summed E-state index contributed by atoms with van der Waals surface area (Å²) >= 11 is 0. The SMILES string of the molecule is COCCC(C)Nc1nccn2c(C)nnc12. The van der Waals surface area contributed by atoms with E-state index in [-0.39, 0.29) is 6.04 Å². The third kappa shape index (κ3) is 2.52. The molecule has 0 amide bonds. The summed E-state index contributed by atoms with van der Waals surface area (Å²) < 4.78 is 6.96. The Labute approximate surface area is 100 Å². The number of aromatic nitrogens is 4. The van der Waals surface area contributed by atoms with Gasteiger partial charge in [-0.15, -0.1) is 10.2 Å². The molecule has 0 fully saturated rings. The first-order valence-electron chi connectivity index (χ1n) is 5.64. The highest BCUT2D eigenvalue weighted by atomic mass is 16.5. The molecule has 1 N–H and O–H groups in total. The number of nitrogens with zero attached hydrogens (tertiary/aromatic N) is 4. The molecule has 17 heavy (non-hydrogen) atoms. The fourth-order valence-electron chi connectivity index (χ4n) is 1.64. The number of aryl methyl sites for hydroxylation is 1. The lowest BCUT2D eigenvalue weighted by Crippen LogP contribution is -2.18. The third-order valence-corrected chi connectivity index (χ3v) is 2.64. The van der Waals surface area contributed by atoms with Gasteiger partial charge in [-0.3, -0.25) is 4.40 Å². The van der Waals surface area contributed by atoms with Crippen molar-refractivity contribution in [3.63, 3.8) is 0 Å². The van der Waals surface area contributed by atoms with Crippen LogP contribution in [0, 0.1) is 6.92 Å². The van der Waals surface area contributed by atoms with Gasteiger partial charge < -0.3 is 10.1 Å². The maximum atomic E-state index is 5.05. The van der Waals surface area contributed by atoms with Gasteiger partial charge in [0.1, 0.15) is 5.82 Å². The van der Waals surface area contributed by atoms with E-state index in [1.54, 1.807) is 13.3 Å². The normalized spacial score (nSPS) is 12.9. The van der Waals surface area contributed by atoms with Crippen molar-refractivity contribution in [1.29, 1.82) is 0 Å². The number of hydrogen-bond acceptors (Lipinski definition) is 5. The third-order valence-electron chi connectivity index (χ3n) is 2.64. The molecule has 2 rings (SSSR count). The Morgan fingerprint density at radius 1 is 1.47 bits per heavy atom. The van der Waals surface area contributed by atoms with E-state index < -0.39 is 0 Å². The Bertz CT molecular complexity index is 496. The second-order valence-electron chi connectivity index (χ2n) is 4.04. The van der Waals surface area contributed by atoms with Crippen LogP contribution in [0.5, 0.6) is 0 Å². The van der Waals surface area contributed by atoms with Crippen LogP contribution in [0.1, 0.15) is 19.2 Å². The summed E-state index contributed by atoms with van der Waals surface area (Å²) in [6.45, 7) is 4.73. The zero-order valence-electron chi connectivity index (χ0n) is 10.3.